The lowest BCUT2D eigenvalue weighted by Gasteiger charge is -2.14. The lowest BCUT2D eigenvalue weighted by Crippen LogP contribution is -2.30. The number of esters is 1. The molecule has 0 aliphatic rings. The minimum atomic E-state index is -1.17. The number of carbonyl (C=O) groups excluding carboxylic acids is 2. The molecule has 0 aliphatic carbocycles. The van der Waals surface area contributed by atoms with Crippen LogP contribution in [-0.4, -0.2) is 23.0 Å². The number of aryl methyl sites for hydroxylation is 1. The maximum absolute atomic E-state index is 13.6. The molecule has 7 heteroatoms. The Kier molecular flexibility index (Phi) is 4.71. The number of halogens is 2. The fourth-order valence-electron chi connectivity index (χ4n) is 2.64. The van der Waals surface area contributed by atoms with E-state index in [1.807, 2.05) is 12.1 Å². The number of aromatic amines is 1. The zero-order chi connectivity index (χ0) is 18.8. The highest BCUT2D eigenvalue weighted by Gasteiger charge is 2.23. The van der Waals surface area contributed by atoms with Crippen LogP contribution < -0.4 is 5.32 Å². The number of anilines is 1. The van der Waals surface area contributed by atoms with Crippen molar-refractivity contribution in [2.45, 2.75) is 20.0 Å². The largest absolute Gasteiger partial charge is 0.449 e. The lowest BCUT2D eigenvalue weighted by molar-refractivity contribution is -0.123. The first-order chi connectivity index (χ1) is 12.4. The van der Waals surface area contributed by atoms with E-state index in [-0.39, 0.29) is 5.69 Å². The van der Waals surface area contributed by atoms with Crippen molar-refractivity contribution in [3.05, 3.63) is 65.4 Å². The van der Waals surface area contributed by atoms with Gasteiger partial charge in [-0.3, -0.25) is 4.79 Å². The topological polar surface area (TPSA) is 71.2 Å². The summed E-state index contributed by atoms with van der Waals surface area (Å²) in [5, 5.41) is 2.96. The summed E-state index contributed by atoms with van der Waals surface area (Å²) < 4.78 is 31.7. The first-order valence-corrected chi connectivity index (χ1v) is 7.91. The highest BCUT2D eigenvalue weighted by molar-refractivity contribution is 6.06. The Morgan fingerprint density at radius 2 is 1.88 bits per heavy atom. The van der Waals surface area contributed by atoms with Gasteiger partial charge in [-0.25, -0.2) is 13.6 Å². The van der Waals surface area contributed by atoms with Crippen LogP contribution in [0.4, 0.5) is 14.5 Å². The quantitative estimate of drug-likeness (QED) is 0.694. The molecule has 0 saturated heterocycles. The molecule has 2 N–H and O–H groups in total. The van der Waals surface area contributed by atoms with Gasteiger partial charge in [0.15, 0.2) is 6.10 Å². The monoisotopic (exact) mass is 358 g/mol. The summed E-state index contributed by atoms with van der Waals surface area (Å²) in [7, 11) is 0. The molecule has 0 aliphatic heterocycles. The summed E-state index contributed by atoms with van der Waals surface area (Å²) in [6, 6.07) is 9.99. The number of hydrogen-bond acceptors (Lipinski definition) is 3. The minimum Gasteiger partial charge on any atom is -0.449 e. The second kappa shape index (κ2) is 6.95. The number of aromatic nitrogens is 1. The molecule has 0 fully saturated rings. The fourth-order valence-corrected chi connectivity index (χ4v) is 2.64. The van der Waals surface area contributed by atoms with Gasteiger partial charge in [0, 0.05) is 22.7 Å². The van der Waals surface area contributed by atoms with Crippen LogP contribution >= 0.6 is 0 Å². The van der Waals surface area contributed by atoms with E-state index < -0.39 is 29.6 Å². The van der Waals surface area contributed by atoms with E-state index in [9.17, 15) is 18.4 Å². The second-order valence-corrected chi connectivity index (χ2v) is 5.83. The van der Waals surface area contributed by atoms with Gasteiger partial charge in [-0.05, 0) is 32.0 Å². The van der Waals surface area contributed by atoms with E-state index in [0.29, 0.717) is 22.7 Å². The van der Waals surface area contributed by atoms with Crippen LogP contribution in [0, 0.1) is 18.6 Å². The summed E-state index contributed by atoms with van der Waals surface area (Å²) in [4.78, 5) is 27.7. The number of ether oxygens (including phenoxy) is 1. The predicted molar refractivity (Wildman–Crippen MR) is 92.9 cm³/mol. The molecule has 1 atom stereocenters. The molecular formula is C19H16F2N2O3. The minimum absolute atomic E-state index is 0.192. The van der Waals surface area contributed by atoms with Crippen molar-refractivity contribution in [3.63, 3.8) is 0 Å². The smallest absolute Gasteiger partial charge is 0.341 e. The van der Waals surface area contributed by atoms with E-state index in [4.69, 9.17) is 4.74 Å². The Morgan fingerprint density at radius 3 is 2.62 bits per heavy atom. The van der Waals surface area contributed by atoms with Crippen LogP contribution in [0.25, 0.3) is 10.9 Å². The Hall–Kier alpha value is -3.22. The number of carbonyl (C=O) groups is 2. The molecule has 1 amide bonds. The third kappa shape index (κ3) is 3.42. The van der Waals surface area contributed by atoms with E-state index in [0.717, 1.165) is 17.6 Å². The van der Waals surface area contributed by atoms with Crippen molar-refractivity contribution in [2.75, 3.05) is 5.32 Å². The van der Waals surface area contributed by atoms with E-state index in [1.54, 1.807) is 19.1 Å². The summed E-state index contributed by atoms with van der Waals surface area (Å²) in [5.41, 5.74) is 1.55. The van der Waals surface area contributed by atoms with Gasteiger partial charge in [0.25, 0.3) is 5.91 Å². The summed E-state index contributed by atoms with van der Waals surface area (Å²) in [6.07, 6.45) is -1.17. The Labute approximate surface area is 148 Å². The van der Waals surface area contributed by atoms with Gasteiger partial charge in [0.2, 0.25) is 0 Å². The van der Waals surface area contributed by atoms with E-state index in [2.05, 4.69) is 10.3 Å². The van der Waals surface area contributed by atoms with Crippen molar-refractivity contribution in [1.29, 1.82) is 0 Å². The normalized spacial score (nSPS) is 12.0. The molecule has 1 heterocycles. The van der Waals surface area contributed by atoms with Crippen LogP contribution in [0.5, 0.6) is 0 Å². The highest BCUT2D eigenvalue weighted by atomic mass is 19.1. The Morgan fingerprint density at radius 1 is 1.15 bits per heavy atom. The predicted octanol–water partition coefficient (Wildman–Crippen LogP) is 3.94. The standard InChI is InChI=1S/C19H16F2N2O3/c1-10-17(13-5-3-4-6-15(13)22-10)19(25)26-11(2)18(24)23-16-8-7-12(20)9-14(16)21/h3-9,11,22H,1-2H3,(H,23,24). The van der Waals surface area contributed by atoms with Crippen LogP contribution in [-0.2, 0) is 9.53 Å². The first-order valence-electron chi connectivity index (χ1n) is 7.91. The van der Waals surface area contributed by atoms with Crippen LogP contribution in [0.15, 0.2) is 42.5 Å². The van der Waals surface area contributed by atoms with E-state index >= 15 is 0 Å². The number of benzene rings is 2. The molecule has 1 aromatic heterocycles. The lowest BCUT2D eigenvalue weighted by atomic mass is 10.1. The zero-order valence-corrected chi connectivity index (χ0v) is 14.1. The molecular weight excluding hydrogens is 342 g/mol. The summed E-state index contributed by atoms with van der Waals surface area (Å²) in [6.45, 7) is 3.11. The number of hydrogen-bond donors (Lipinski definition) is 2. The molecule has 5 nitrogen and oxygen atoms in total. The molecule has 3 rings (SSSR count). The molecule has 0 saturated carbocycles. The molecule has 0 spiro atoms. The number of fused-ring (bicyclic) bond motifs is 1. The Bertz CT molecular complexity index is 998. The van der Waals surface area contributed by atoms with Crippen molar-refractivity contribution in [2.24, 2.45) is 0 Å². The van der Waals surface area contributed by atoms with Gasteiger partial charge in [-0.15, -0.1) is 0 Å². The maximum atomic E-state index is 13.6. The summed E-state index contributed by atoms with van der Waals surface area (Å²) in [5.74, 6) is -3.05. The zero-order valence-electron chi connectivity index (χ0n) is 14.1. The van der Waals surface area contributed by atoms with Gasteiger partial charge >= 0.3 is 5.97 Å². The van der Waals surface area contributed by atoms with Crippen molar-refractivity contribution in [3.8, 4) is 0 Å². The van der Waals surface area contributed by atoms with Gasteiger partial charge in [-0.1, -0.05) is 18.2 Å². The maximum Gasteiger partial charge on any atom is 0.341 e. The van der Waals surface area contributed by atoms with Crippen molar-refractivity contribution < 1.29 is 23.1 Å². The molecule has 0 bridgehead atoms. The molecule has 26 heavy (non-hydrogen) atoms. The number of H-pyrrole nitrogens is 1. The molecule has 134 valence electrons. The average molecular weight is 358 g/mol. The van der Waals surface area contributed by atoms with Crippen LogP contribution in [0.2, 0.25) is 0 Å². The number of nitrogens with one attached hydrogen (secondary N) is 2. The number of para-hydroxylation sites is 1. The van der Waals surface area contributed by atoms with Gasteiger partial charge in [-0.2, -0.15) is 0 Å². The van der Waals surface area contributed by atoms with Gasteiger partial charge in [0.1, 0.15) is 11.6 Å². The summed E-state index contributed by atoms with van der Waals surface area (Å²) >= 11 is 0. The van der Waals surface area contributed by atoms with Crippen LogP contribution in [0.3, 0.4) is 0 Å². The average Bonchev–Trinajstić information content (AvgIpc) is 2.92. The SMILES string of the molecule is Cc1[nH]c2ccccc2c1C(=O)OC(C)C(=O)Nc1ccc(F)cc1F. The fraction of sp³-hybridized carbons (Fsp3) is 0.158. The van der Waals surface area contributed by atoms with E-state index in [1.165, 1.54) is 6.92 Å². The molecule has 0 radical (unpaired) electrons. The molecule has 3 aromatic rings. The molecule has 1 unspecified atom stereocenters. The number of amides is 1. The van der Waals surface area contributed by atoms with Crippen molar-refractivity contribution >= 4 is 28.5 Å². The second-order valence-electron chi connectivity index (χ2n) is 5.83. The van der Waals surface area contributed by atoms with Crippen LogP contribution in [0.1, 0.15) is 23.0 Å². The van der Waals surface area contributed by atoms with Gasteiger partial charge in [0.05, 0.1) is 11.3 Å². The third-order valence-corrected chi connectivity index (χ3v) is 3.94. The first kappa shape index (κ1) is 17.6. The number of rotatable bonds is 4. The molecule has 2 aromatic carbocycles. The van der Waals surface area contributed by atoms with Crippen molar-refractivity contribution in [1.82, 2.24) is 4.98 Å². The third-order valence-electron chi connectivity index (χ3n) is 3.94. The highest BCUT2D eigenvalue weighted by Crippen LogP contribution is 2.23. The van der Waals surface area contributed by atoms with Gasteiger partial charge < -0.3 is 15.0 Å². The Balaban J connectivity index is 1.74.